The number of carbonyl (C=O) groups is 1. The van der Waals surface area contributed by atoms with Gasteiger partial charge in [-0.25, -0.2) is 4.79 Å². The number of ether oxygens (including phenoxy) is 2. The third kappa shape index (κ3) is 6.23. The molecule has 17 heavy (non-hydrogen) atoms. The molecule has 1 aromatic carbocycles. The number of rotatable bonds is 6. The van der Waals surface area contributed by atoms with E-state index in [-0.39, 0.29) is 13.2 Å². The quantitative estimate of drug-likeness (QED) is 0.599. The number of terminal acetylenes is 1. The molecule has 1 rings (SSSR count). The molecule has 0 radical (unpaired) electrons. The zero-order valence-corrected chi connectivity index (χ0v) is 9.52. The van der Waals surface area contributed by atoms with Gasteiger partial charge in [-0.05, 0) is 5.56 Å². The highest BCUT2D eigenvalue weighted by atomic mass is 16.5. The van der Waals surface area contributed by atoms with Crippen LogP contribution in [0.3, 0.4) is 0 Å². The Labute approximate surface area is 101 Å². The van der Waals surface area contributed by atoms with Crippen molar-refractivity contribution >= 4 is 6.09 Å². The van der Waals surface area contributed by atoms with Gasteiger partial charge in [0, 0.05) is 6.54 Å². The van der Waals surface area contributed by atoms with Crippen LogP contribution < -0.4 is 5.32 Å². The Hall–Kier alpha value is -1.99. The minimum atomic E-state index is -0.460. The third-order valence-corrected chi connectivity index (χ3v) is 1.91. The molecule has 1 aromatic rings. The maximum absolute atomic E-state index is 11.2. The molecule has 0 aliphatic heterocycles. The first kappa shape index (κ1) is 13.1. The lowest BCUT2D eigenvalue weighted by molar-refractivity contribution is 0.129. The number of alkyl carbamates (subject to hydrolysis) is 1. The lowest BCUT2D eigenvalue weighted by atomic mass is 10.2. The Morgan fingerprint density at radius 1 is 1.35 bits per heavy atom. The van der Waals surface area contributed by atoms with E-state index >= 15 is 0 Å². The molecule has 1 amide bonds. The van der Waals surface area contributed by atoms with E-state index in [0.29, 0.717) is 13.2 Å². The zero-order chi connectivity index (χ0) is 12.3. The standard InChI is InChI=1S/C13H15NO3/c1-2-9-16-10-8-14-13(15)17-11-12-6-4-3-5-7-12/h1,3-7H,8-11H2,(H,14,15). The molecule has 0 spiro atoms. The summed E-state index contributed by atoms with van der Waals surface area (Å²) in [7, 11) is 0. The molecule has 4 heteroatoms. The van der Waals surface area contributed by atoms with Crippen molar-refractivity contribution in [3.63, 3.8) is 0 Å². The predicted molar refractivity (Wildman–Crippen MR) is 64.3 cm³/mol. The van der Waals surface area contributed by atoms with Gasteiger partial charge in [-0.15, -0.1) is 6.42 Å². The summed E-state index contributed by atoms with van der Waals surface area (Å²) in [5.41, 5.74) is 0.950. The van der Waals surface area contributed by atoms with E-state index in [4.69, 9.17) is 15.9 Å². The van der Waals surface area contributed by atoms with Crippen LogP contribution in [0.4, 0.5) is 4.79 Å². The Balaban J connectivity index is 2.08. The Morgan fingerprint density at radius 3 is 2.82 bits per heavy atom. The molecular formula is C13H15NO3. The van der Waals surface area contributed by atoms with Crippen LogP contribution >= 0.6 is 0 Å². The van der Waals surface area contributed by atoms with E-state index in [1.165, 1.54) is 0 Å². The van der Waals surface area contributed by atoms with Gasteiger partial charge in [0.15, 0.2) is 0 Å². The van der Waals surface area contributed by atoms with E-state index in [9.17, 15) is 4.79 Å². The number of benzene rings is 1. The normalized spacial score (nSPS) is 9.35. The molecule has 1 N–H and O–H groups in total. The molecule has 0 unspecified atom stereocenters. The topological polar surface area (TPSA) is 47.6 Å². The minimum absolute atomic E-state index is 0.251. The maximum atomic E-state index is 11.2. The van der Waals surface area contributed by atoms with Crippen LogP contribution in [-0.2, 0) is 16.1 Å². The summed E-state index contributed by atoms with van der Waals surface area (Å²) in [5.74, 6) is 2.34. The van der Waals surface area contributed by atoms with Gasteiger partial charge >= 0.3 is 6.09 Å². The second-order valence-corrected chi connectivity index (χ2v) is 3.25. The van der Waals surface area contributed by atoms with Crippen LogP contribution in [0.1, 0.15) is 5.56 Å². The average molecular weight is 233 g/mol. The number of hydrogen-bond donors (Lipinski definition) is 1. The summed E-state index contributed by atoms with van der Waals surface area (Å²) >= 11 is 0. The van der Waals surface area contributed by atoms with Crippen molar-refractivity contribution in [3.05, 3.63) is 35.9 Å². The monoisotopic (exact) mass is 233 g/mol. The summed E-state index contributed by atoms with van der Waals surface area (Å²) in [6, 6.07) is 9.48. The molecule has 90 valence electrons. The predicted octanol–water partition coefficient (Wildman–Crippen LogP) is 1.56. The highest BCUT2D eigenvalue weighted by Crippen LogP contribution is 2.00. The van der Waals surface area contributed by atoms with Crippen LogP contribution in [0.2, 0.25) is 0 Å². The van der Waals surface area contributed by atoms with Crippen LogP contribution in [0, 0.1) is 12.3 Å². The van der Waals surface area contributed by atoms with E-state index < -0.39 is 6.09 Å². The first-order chi connectivity index (χ1) is 8.33. The highest BCUT2D eigenvalue weighted by molar-refractivity contribution is 5.67. The van der Waals surface area contributed by atoms with Crippen molar-refractivity contribution in [2.45, 2.75) is 6.61 Å². The summed E-state index contributed by atoms with van der Waals surface area (Å²) in [6.07, 6.45) is 4.54. The van der Waals surface area contributed by atoms with Crippen LogP contribution in [0.25, 0.3) is 0 Å². The van der Waals surface area contributed by atoms with Crippen LogP contribution in [0.15, 0.2) is 30.3 Å². The van der Waals surface area contributed by atoms with Crippen LogP contribution in [-0.4, -0.2) is 25.9 Å². The molecule has 0 saturated carbocycles. The van der Waals surface area contributed by atoms with Gasteiger partial charge in [-0.2, -0.15) is 0 Å². The molecule has 0 fully saturated rings. The van der Waals surface area contributed by atoms with Crippen LogP contribution in [0.5, 0.6) is 0 Å². The van der Waals surface area contributed by atoms with Gasteiger partial charge in [0.25, 0.3) is 0 Å². The number of hydrogen-bond acceptors (Lipinski definition) is 3. The maximum Gasteiger partial charge on any atom is 0.407 e. The fraction of sp³-hybridized carbons (Fsp3) is 0.308. The van der Waals surface area contributed by atoms with Crippen molar-refractivity contribution in [3.8, 4) is 12.3 Å². The number of carbonyl (C=O) groups excluding carboxylic acids is 1. The molecule has 0 saturated heterocycles. The van der Waals surface area contributed by atoms with E-state index in [0.717, 1.165) is 5.56 Å². The first-order valence-corrected chi connectivity index (χ1v) is 5.28. The summed E-state index contributed by atoms with van der Waals surface area (Å²) in [6.45, 7) is 1.28. The van der Waals surface area contributed by atoms with Gasteiger partial charge in [0.1, 0.15) is 13.2 Å². The summed E-state index contributed by atoms with van der Waals surface area (Å²) in [4.78, 5) is 11.2. The summed E-state index contributed by atoms with van der Waals surface area (Å²) < 4.78 is 9.98. The zero-order valence-electron chi connectivity index (χ0n) is 9.52. The van der Waals surface area contributed by atoms with Crippen molar-refractivity contribution in [2.75, 3.05) is 19.8 Å². The SMILES string of the molecule is C#CCOCCNC(=O)OCc1ccccc1. The van der Waals surface area contributed by atoms with Crippen molar-refractivity contribution in [1.82, 2.24) is 5.32 Å². The van der Waals surface area contributed by atoms with Gasteiger partial charge in [0.2, 0.25) is 0 Å². The average Bonchev–Trinajstić information content (AvgIpc) is 2.37. The molecule has 0 bridgehead atoms. The molecular weight excluding hydrogens is 218 g/mol. The molecule has 0 atom stereocenters. The van der Waals surface area contributed by atoms with Gasteiger partial charge < -0.3 is 14.8 Å². The molecule has 0 heterocycles. The fourth-order valence-corrected chi connectivity index (χ4v) is 1.13. The molecule has 0 aromatic heterocycles. The van der Waals surface area contributed by atoms with Gasteiger partial charge in [0.05, 0.1) is 6.61 Å². The second-order valence-electron chi connectivity index (χ2n) is 3.25. The van der Waals surface area contributed by atoms with Crippen molar-refractivity contribution in [1.29, 1.82) is 0 Å². The molecule has 0 aliphatic rings. The van der Waals surface area contributed by atoms with E-state index in [1.54, 1.807) is 0 Å². The highest BCUT2D eigenvalue weighted by Gasteiger charge is 2.00. The second kappa shape index (κ2) is 8.20. The molecule has 4 nitrogen and oxygen atoms in total. The first-order valence-electron chi connectivity index (χ1n) is 5.28. The Kier molecular flexibility index (Phi) is 6.30. The van der Waals surface area contributed by atoms with Crippen molar-refractivity contribution in [2.24, 2.45) is 0 Å². The fourth-order valence-electron chi connectivity index (χ4n) is 1.13. The van der Waals surface area contributed by atoms with Gasteiger partial charge in [-0.3, -0.25) is 0 Å². The third-order valence-electron chi connectivity index (χ3n) is 1.91. The largest absolute Gasteiger partial charge is 0.445 e. The van der Waals surface area contributed by atoms with Crippen molar-refractivity contribution < 1.29 is 14.3 Å². The smallest absolute Gasteiger partial charge is 0.407 e. The minimum Gasteiger partial charge on any atom is -0.445 e. The lowest BCUT2D eigenvalue weighted by Crippen LogP contribution is -2.27. The lowest BCUT2D eigenvalue weighted by Gasteiger charge is -2.06. The Morgan fingerprint density at radius 2 is 2.12 bits per heavy atom. The number of nitrogens with one attached hydrogen (secondary N) is 1. The number of amides is 1. The van der Waals surface area contributed by atoms with Gasteiger partial charge in [-0.1, -0.05) is 36.3 Å². The summed E-state index contributed by atoms with van der Waals surface area (Å²) in [5, 5.41) is 2.56. The van der Waals surface area contributed by atoms with E-state index in [1.807, 2.05) is 30.3 Å². The Bertz CT molecular complexity index is 370. The van der Waals surface area contributed by atoms with E-state index in [2.05, 4.69) is 11.2 Å². The molecule has 0 aliphatic carbocycles.